The van der Waals surface area contributed by atoms with Gasteiger partial charge in [-0.1, -0.05) is 27.5 Å². The summed E-state index contributed by atoms with van der Waals surface area (Å²) in [6, 6.07) is 15.3. The van der Waals surface area contributed by atoms with Gasteiger partial charge in [-0.3, -0.25) is 0 Å². The molecule has 2 nitrogen and oxygen atoms in total. The van der Waals surface area contributed by atoms with Crippen molar-refractivity contribution in [2.75, 3.05) is 5.75 Å². The lowest BCUT2D eigenvalue weighted by Crippen LogP contribution is -1.98. The maximum atomic E-state index is 10.2. The van der Waals surface area contributed by atoms with Crippen LogP contribution in [0.25, 0.3) is 11.0 Å². The molecule has 0 saturated carbocycles. The van der Waals surface area contributed by atoms with Gasteiger partial charge in [0, 0.05) is 25.5 Å². The number of thioether (sulfide) groups is 1. The Bertz CT molecular complexity index is 755. The van der Waals surface area contributed by atoms with Gasteiger partial charge in [0.25, 0.3) is 0 Å². The number of furan rings is 1. The third kappa shape index (κ3) is 3.64. The van der Waals surface area contributed by atoms with E-state index in [0.717, 1.165) is 20.3 Å². The summed E-state index contributed by atoms with van der Waals surface area (Å²) in [6.45, 7) is 0. The highest BCUT2D eigenvalue weighted by atomic mass is 79.9. The Morgan fingerprint density at radius 3 is 2.67 bits per heavy atom. The summed E-state index contributed by atoms with van der Waals surface area (Å²) in [5, 5.41) is 11.8. The van der Waals surface area contributed by atoms with Crippen molar-refractivity contribution in [3.63, 3.8) is 0 Å². The molecule has 1 atom stereocenters. The molecule has 1 aromatic heterocycles. The first-order valence-electron chi connectivity index (χ1n) is 6.37. The van der Waals surface area contributed by atoms with E-state index in [2.05, 4.69) is 15.9 Å². The van der Waals surface area contributed by atoms with Gasteiger partial charge < -0.3 is 9.52 Å². The highest BCUT2D eigenvalue weighted by Gasteiger charge is 2.14. The summed E-state index contributed by atoms with van der Waals surface area (Å²) in [5.41, 5.74) is 0.738. The number of aliphatic hydroxyl groups is 1. The maximum Gasteiger partial charge on any atom is 0.134 e. The minimum absolute atomic E-state index is 0.537. The molecular weight excluding hydrogens is 372 g/mol. The van der Waals surface area contributed by atoms with Crippen LogP contribution in [0.15, 0.2) is 62.3 Å². The molecule has 0 bridgehead atoms. The molecule has 1 unspecified atom stereocenters. The SMILES string of the molecule is OC(CSc1ccc(Br)cc1)c1cc2cc(Cl)ccc2o1. The van der Waals surface area contributed by atoms with Crippen LogP contribution < -0.4 is 0 Å². The van der Waals surface area contributed by atoms with Crippen molar-refractivity contribution in [2.45, 2.75) is 11.0 Å². The zero-order chi connectivity index (χ0) is 14.8. The number of fused-ring (bicyclic) bond motifs is 1. The second-order valence-electron chi connectivity index (χ2n) is 4.61. The highest BCUT2D eigenvalue weighted by Crippen LogP contribution is 2.30. The summed E-state index contributed by atoms with van der Waals surface area (Å²) in [4.78, 5) is 1.11. The van der Waals surface area contributed by atoms with Crippen LogP contribution in [0.3, 0.4) is 0 Å². The molecule has 3 aromatic rings. The molecule has 0 aliphatic heterocycles. The van der Waals surface area contributed by atoms with Gasteiger partial charge in [0.05, 0.1) is 0 Å². The number of halogens is 2. The molecule has 5 heteroatoms. The number of hydrogen-bond donors (Lipinski definition) is 1. The van der Waals surface area contributed by atoms with E-state index in [-0.39, 0.29) is 0 Å². The average Bonchev–Trinajstić information content (AvgIpc) is 2.89. The minimum Gasteiger partial charge on any atom is -0.458 e. The lowest BCUT2D eigenvalue weighted by atomic mass is 10.2. The predicted molar refractivity (Wildman–Crippen MR) is 91.0 cm³/mol. The van der Waals surface area contributed by atoms with E-state index in [0.29, 0.717) is 16.5 Å². The van der Waals surface area contributed by atoms with Crippen LogP contribution in [0, 0.1) is 0 Å². The smallest absolute Gasteiger partial charge is 0.134 e. The normalized spacial score (nSPS) is 12.7. The van der Waals surface area contributed by atoms with Crippen molar-refractivity contribution in [1.29, 1.82) is 0 Å². The second kappa shape index (κ2) is 6.44. The van der Waals surface area contributed by atoms with Gasteiger partial charge in [0.2, 0.25) is 0 Å². The van der Waals surface area contributed by atoms with Crippen LogP contribution in [0.5, 0.6) is 0 Å². The van der Waals surface area contributed by atoms with Crippen molar-refractivity contribution in [3.05, 3.63) is 63.8 Å². The summed E-state index contributed by atoms with van der Waals surface area (Å²) in [6.07, 6.45) is -0.648. The Morgan fingerprint density at radius 1 is 1.14 bits per heavy atom. The van der Waals surface area contributed by atoms with Crippen LogP contribution in [0.1, 0.15) is 11.9 Å². The lowest BCUT2D eigenvalue weighted by Gasteiger charge is -2.07. The molecule has 21 heavy (non-hydrogen) atoms. The standard InChI is InChI=1S/C16H12BrClO2S/c17-11-1-4-13(5-2-11)21-9-14(19)16-8-10-7-12(18)3-6-15(10)20-16/h1-8,14,19H,9H2. The zero-order valence-electron chi connectivity index (χ0n) is 10.9. The van der Waals surface area contributed by atoms with Crippen molar-refractivity contribution in [3.8, 4) is 0 Å². The van der Waals surface area contributed by atoms with E-state index in [1.54, 1.807) is 17.8 Å². The topological polar surface area (TPSA) is 33.4 Å². The molecule has 0 fully saturated rings. The molecule has 0 amide bonds. The first-order chi connectivity index (χ1) is 10.1. The molecule has 0 saturated heterocycles. The molecule has 0 aliphatic carbocycles. The van der Waals surface area contributed by atoms with Gasteiger partial charge >= 0.3 is 0 Å². The van der Waals surface area contributed by atoms with E-state index >= 15 is 0 Å². The third-order valence-corrected chi connectivity index (χ3v) is 4.90. The largest absolute Gasteiger partial charge is 0.458 e. The van der Waals surface area contributed by atoms with Gasteiger partial charge in [-0.05, 0) is 48.5 Å². The zero-order valence-corrected chi connectivity index (χ0v) is 14.1. The van der Waals surface area contributed by atoms with E-state index in [1.807, 2.05) is 42.5 Å². The minimum atomic E-state index is -0.648. The van der Waals surface area contributed by atoms with Gasteiger partial charge in [0.1, 0.15) is 17.4 Å². The molecule has 3 rings (SSSR count). The Morgan fingerprint density at radius 2 is 1.90 bits per heavy atom. The fourth-order valence-electron chi connectivity index (χ4n) is 1.99. The fraction of sp³-hybridized carbons (Fsp3) is 0.125. The summed E-state index contributed by atoms with van der Waals surface area (Å²) in [5.74, 6) is 1.10. The number of aliphatic hydroxyl groups excluding tert-OH is 1. The summed E-state index contributed by atoms with van der Waals surface area (Å²) >= 11 is 10.9. The Labute approximate surface area is 140 Å². The van der Waals surface area contributed by atoms with Crippen molar-refractivity contribution < 1.29 is 9.52 Å². The maximum absolute atomic E-state index is 10.2. The van der Waals surface area contributed by atoms with E-state index in [9.17, 15) is 5.11 Å². The quantitative estimate of drug-likeness (QED) is 0.589. The van der Waals surface area contributed by atoms with E-state index in [4.69, 9.17) is 16.0 Å². The molecule has 0 radical (unpaired) electrons. The third-order valence-electron chi connectivity index (χ3n) is 3.05. The Balaban J connectivity index is 1.71. The lowest BCUT2D eigenvalue weighted by molar-refractivity contribution is 0.177. The molecule has 1 heterocycles. The predicted octanol–water partition coefficient (Wildman–Crippen LogP) is 5.67. The second-order valence-corrected chi connectivity index (χ2v) is 7.06. The fourth-order valence-corrected chi connectivity index (χ4v) is 3.28. The van der Waals surface area contributed by atoms with Gasteiger partial charge in [-0.2, -0.15) is 0 Å². The van der Waals surface area contributed by atoms with Gasteiger partial charge in [-0.25, -0.2) is 0 Å². The van der Waals surface area contributed by atoms with Crippen LogP contribution in [-0.2, 0) is 0 Å². The van der Waals surface area contributed by atoms with Crippen molar-refractivity contribution in [1.82, 2.24) is 0 Å². The number of rotatable bonds is 4. The number of benzene rings is 2. The molecular formula is C16H12BrClO2S. The molecule has 0 spiro atoms. The van der Waals surface area contributed by atoms with Gasteiger partial charge in [0.15, 0.2) is 0 Å². The monoisotopic (exact) mass is 382 g/mol. The highest BCUT2D eigenvalue weighted by molar-refractivity contribution is 9.10. The van der Waals surface area contributed by atoms with Crippen LogP contribution in [0.4, 0.5) is 0 Å². The summed E-state index contributed by atoms with van der Waals surface area (Å²) < 4.78 is 6.71. The molecule has 1 N–H and O–H groups in total. The van der Waals surface area contributed by atoms with Crippen molar-refractivity contribution in [2.24, 2.45) is 0 Å². The first kappa shape index (κ1) is 15.0. The first-order valence-corrected chi connectivity index (χ1v) is 8.53. The summed E-state index contributed by atoms with van der Waals surface area (Å²) in [7, 11) is 0. The molecule has 108 valence electrons. The number of hydrogen-bond acceptors (Lipinski definition) is 3. The average molecular weight is 384 g/mol. The van der Waals surface area contributed by atoms with Crippen LogP contribution in [0.2, 0.25) is 5.02 Å². The van der Waals surface area contributed by atoms with Crippen molar-refractivity contribution >= 4 is 50.3 Å². The van der Waals surface area contributed by atoms with Gasteiger partial charge in [-0.15, -0.1) is 11.8 Å². The Kier molecular flexibility index (Phi) is 4.60. The van der Waals surface area contributed by atoms with E-state index < -0.39 is 6.10 Å². The van der Waals surface area contributed by atoms with Crippen LogP contribution in [-0.4, -0.2) is 10.9 Å². The molecule has 0 aliphatic rings. The Hall–Kier alpha value is -0.940. The van der Waals surface area contributed by atoms with E-state index in [1.165, 1.54) is 0 Å². The van der Waals surface area contributed by atoms with Crippen LogP contribution >= 0.6 is 39.3 Å². The molecule has 2 aromatic carbocycles.